The number of hydrogen-bond donors (Lipinski definition) is 1. The van der Waals surface area contributed by atoms with Crippen LogP contribution in [0.5, 0.6) is 0 Å². The lowest BCUT2D eigenvalue weighted by molar-refractivity contribution is 0.237. The van der Waals surface area contributed by atoms with Crippen molar-refractivity contribution >= 4 is 17.4 Å². The van der Waals surface area contributed by atoms with E-state index in [1.165, 1.54) is 19.3 Å². The minimum atomic E-state index is -0.0325. The van der Waals surface area contributed by atoms with Crippen molar-refractivity contribution in [2.45, 2.75) is 52.0 Å². The highest BCUT2D eigenvalue weighted by molar-refractivity contribution is 6.18. The van der Waals surface area contributed by atoms with E-state index in [4.69, 9.17) is 11.6 Å². The maximum Gasteiger partial charge on any atom is 0.293 e. The van der Waals surface area contributed by atoms with E-state index >= 15 is 0 Å². The fourth-order valence-electron chi connectivity index (χ4n) is 2.92. The minimum absolute atomic E-state index is 0.0325. The number of hydrogen-bond acceptors (Lipinski definition) is 3. The summed E-state index contributed by atoms with van der Waals surface area (Å²) in [5.41, 5.74) is 0.0918. The smallest absolute Gasteiger partial charge is 0.293 e. The number of nitrogens with one attached hydrogen (secondary N) is 1. The van der Waals surface area contributed by atoms with Crippen LogP contribution in [0.15, 0.2) is 17.2 Å². The summed E-state index contributed by atoms with van der Waals surface area (Å²) in [5.74, 6) is 1.10. The van der Waals surface area contributed by atoms with Crippen molar-refractivity contribution in [3.8, 4) is 0 Å². The van der Waals surface area contributed by atoms with E-state index in [2.05, 4.69) is 17.2 Å². The molecule has 0 atom stereocenters. The van der Waals surface area contributed by atoms with Gasteiger partial charge in [-0.2, -0.15) is 0 Å². The number of nitrogens with zero attached hydrogens (tertiary/aromatic N) is 2. The fraction of sp³-hybridized carbons (Fsp3) is 0.733. The molecule has 0 aromatic carbocycles. The zero-order valence-corrected chi connectivity index (χ0v) is 13.0. The van der Waals surface area contributed by atoms with Gasteiger partial charge in [-0.15, -0.1) is 11.6 Å². The molecule has 1 fully saturated rings. The van der Waals surface area contributed by atoms with Crippen molar-refractivity contribution in [1.82, 2.24) is 9.55 Å². The average Bonchev–Trinajstić information content (AvgIpc) is 2.49. The first kappa shape index (κ1) is 15.4. The molecule has 1 aliphatic rings. The van der Waals surface area contributed by atoms with Gasteiger partial charge in [-0.05, 0) is 19.3 Å². The first-order valence-electron chi connectivity index (χ1n) is 7.56. The lowest BCUT2D eigenvalue weighted by Gasteiger charge is -2.35. The molecule has 0 amide bonds. The van der Waals surface area contributed by atoms with Crippen LogP contribution in [-0.4, -0.2) is 22.0 Å². The Morgan fingerprint density at radius 3 is 2.80 bits per heavy atom. The molecule has 4 nitrogen and oxygen atoms in total. The largest absolute Gasteiger partial charge is 0.365 e. The molecule has 5 heteroatoms. The zero-order valence-electron chi connectivity index (χ0n) is 12.2. The molecular formula is C15H24ClN3O. The number of aryl methyl sites for hydroxylation is 1. The summed E-state index contributed by atoms with van der Waals surface area (Å²) in [6.45, 7) is 3.54. The average molecular weight is 298 g/mol. The Morgan fingerprint density at radius 2 is 2.15 bits per heavy atom. The normalized spacial score (nSPS) is 17.9. The second-order valence-corrected chi connectivity index (χ2v) is 6.09. The van der Waals surface area contributed by atoms with Crippen LogP contribution in [0.1, 0.15) is 45.4 Å². The SMILES string of the molecule is CCCn1ccnc(NCC2(CCl)CCCCC2)c1=O. The van der Waals surface area contributed by atoms with E-state index < -0.39 is 0 Å². The first-order valence-corrected chi connectivity index (χ1v) is 8.09. The molecular weight excluding hydrogens is 274 g/mol. The quantitative estimate of drug-likeness (QED) is 0.820. The molecule has 1 aromatic rings. The molecule has 1 heterocycles. The van der Waals surface area contributed by atoms with Crippen LogP contribution in [-0.2, 0) is 6.54 Å². The van der Waals surface area contributed by atoms with Crippen molar-refractivity contribution in [2.75, 3.05) is 17.7 Å². The van der Waals surface area contributed by atoms with Gasteiger partial charge in [0.2, 0.25) is 0 Å². The Hall–Kier alpha value is -1.03. The van der Waals surface area contributed by atoms with Crippen molar-refractivity contribution < 1.29 is 0 Å². The molecule has 20 heavy (non-hydrogen) atoms. The van der Waals surface area contributed by atoms with Crippen LogP contribution in [0, 0.1) is 5.41 Å². The van der Waals surface area contributed by atoms with Gasteiger partial charge in [-0.25, -0.2) is 4.98 Å². The van der Waals surface area contributed by atoms with Gasteiger partial charge in [0.25, 0.3) is 5.56 Å². The minimum Gasteiger partial charge on any atom is -0.365 e. The van der Waals surface area contributed by atoms with Gasteiger partial charge in [0.05, 0.1) is 0 Å². The first-order chi connectivity index (χ1) is 9.71. The second kappa shape index (κ2) is 7.11. The van der Waals surface area contributed by atoms with E-state index in [0.29, 0.717) is 11.7 Å². The van der Waals surface area contributed by atoms with Crippen LogP contribution in [0.3, 0.4) is 0 Å². The molecule has 1 N–H and O–H groups in total. The van der Waals surface area contributed by atoms with Gasteiger partial charge in [-0.1, -0.05) is 26.2 Å². The highest BCUT2D eigenvalue weighted by Gasteiger charge is 2.31. The molecule has 0 saturated heterocycles. The highest BCUT2D eigenvalue weighted by atomic mass is 35.5. The van der Waals surface area contributed by atoms with Crippen molar-refractivity contribution in [2.24, 2.45) is 5.41 Å². The van der Waals surface area contributed by atoms with Gasteiger partial charge < -0.3 is 9.88 Å². The summed E-state index contributed by atoms with van der Waals surface area (Å²) >= 11 is 6.18. The number of halogens is 1. The molecule has 0 radical (unpaired) electrons. The van der Waals surface area contributed by atoms with E-state index in [0.717, 1.165) is 32.4 Å². The van der Waals surface area contributed by atoms with Gasteiger partial charge in [-0.3, -0.25) is 4.79 Å². The van der Waals surface area contributed by atoms with Gasteiger partial charge in [0.15, 0.2) is 5.82 Å². The van der Waals surface area contributed by atoms with Gasteiger partial charge in [0, 0.05) is 36.8 Å². The van der Waals surface area contributed by atoms with Crippen molar-refractivity contribution in [3.63, 3.8) is 0 Å². The van der Waals surface area contributed by atoms with Crippen LogP contribution in [0.4, 0.5) is 5.82 Å². The third-order valence-electron chi connectivity index (χ3n) is 4.21. The lowest BCUT2D eigenvalue weighted by atomic mass is 9.75. The number of anilines is 1. The third kappa shape index (κ3) is 3.54. The zero-order chi connectivity index (χ0) is 14.4. The molecule has 1 saturated carbocycles. The van der Waals surface area contributed by atoms with E-state index in [-0.39, 0.29) is 11.0 Å². The van der Waals surface area contributed by atoms with Crippen LogP contribution in [0.25, 0.3) is 0 Å². The molecule has 1 aromatic heterocycles. The Labute approximate surface area is 125 Å². The molecule has 0 aliphatic heterocycles. The standard InChI is InChI=1S/C15H24ClN3O/c1-2-9-19-10-8-17-13(14(19)20)18-12-15(11-16)6-4-3-5-7-15/h8,10H,2-7,9,11-12H2,1H3,(H,17,18). The van der Waals surface area contributed by atoms with Gasteiger partial charge >= 0.3 is 0 Å². The summed E-state index contributed by atoms with van der Waals surface area (Å²) in [5, 5.41) is 3.24. The Kier molecular flexibility index (Phi) is 5.46. The highest BCUT2D eigenvalue weighted by Crippen LogP contribution is 2.37. The van der Waals surface area contributed by atoms with Crippen molar-refractivity contribution in [3.05, 3.63) is 22.7 Å². The second-order valence-electron chi connectivity index (χ2n) is 5.82. The molecule has 2 rings (SSSR count). The molecule has 1 aliphatic carbocycles. The Morgan fingerprint density at radius 1 is 1.40 bits per heavy atom. The summed E-state index contributed by atoms with van der Waals surface area (Å²) in [7, 11) is 0. The van der Waals surface area contributed by atoms with Crippen LogP contribution < -0.4 is 10.9 Å². The van der Waals surface area contributed by atoms with Crippen molar-refractivity contribution in [1.29, 1.82) is 0 Å². The molecule has 0 unspecified atom stereocenters. The third-order valence-corrected chi connectivity index (χ3v) is 4.77. The summed E-state index contributed by atoms with van der Waals surface area (Å²) in [4.78, 5) is 16.4. The van der Waals surface area contributed by atoms with Crippen LogP contribution in [0.2, 0.25) is 0 Å². The van der Waals surface area contributed by atoms with E-state index in [1.807, 2.05) is 0 Å². The predicted octanol–water partition coefficient (Wildman–Crippen LogP) is 3.25. The maximum absolute atomic E-state index is 12.2. The van der Waals surface area contributed by atoms with E-state index in [9.17, 15) is 4.79 Å². The maximum atomic E-state index is 12.2. The van der Waals surface area contributed by atoms with Gasteiger partial charge in [0.1, 0.15) is 0 Å². The predicted molar refractivity (Wildman–Crippen MR) is 83.5 cm³/mol. The molecule has 0 bridgehead atoms. The Balaban J connectivity index is 2.06. The number of aromatic nitrogens is 2. The monoisotopic (exact) mass is 297 g/mol. The molecule has 112 valence electrons. The van der Waals surface area contributed by atoms with E-state index in [1.54, 1.807) is 17.0 Å². The van der Waals surface area contributed by atoms with Crippen LogP contribution >= 0.6 is 11.6 Å². The topological polar surface area (TPSA) is 46.9 Å². The Bertz CT molecular complexity index is 480. The lowest BCUT2D eigenvalue weighted by Crippen LogP contribution is -2.36. The molecule has 0 spiro atoms. The number of alkyl halides is 1. The number of rotatable bonds is 6. The summed E-state index contributed by atoms with van der Waals surface area (Å²) in [6.07, 6.45) is 10.4. The fourth-order valence-corrected chi connectivity index (χ4v) is 3.28. The summed E-state index contributed by atoms with van der Waals surface area (Å²) in [6, 6.07) is 0. The summed E-state index contributed by atoms with van der Waals surface area (Å²) < 4.78 is 1.71.